The largest absolute Gasteiger partial charge is 0.481 e. The normalized spacial score (nSPS) is 9.50. The van der Waals surface area contributed by atoms with Crippen molar-refractivity contribution in [2.75, 3.05) is 0 Å². The summed E-state index contributed by atoms with van der Waals surface area (Å²) in [6, 6.07) is 0. The fraction of sp³-hybridized carbons (Fsp3) is 0.143. The summed E-state index contributed by atoms with van der Waals surface area (Å²) in [5, 5.41) is 8.31. The van der Waals surface area contributed by atoms with E-state index in [-0.39, 0.29) is 11.0 Å². The van der Waals surface area contributed by atoms with Crippen LogP contribution in [-0.2, 0) is 9.59 Å². The van der Waals surface area contributed by atoms with Crippen LogP contribution in [0.2, 0.25) is 5.15 Å². The SMILES string of the molecule is O=C(O)CC(=O)Oc1cncc(Cl)n1. The summed E-state index contributed by atoms with van der Waals surface area (Å²) in [7, 11) is 0. The van der Waals surface area contributed by atoms with Crippen molar-refractivity contribution in [3.8, 4) is 5.88 Å². The molecule has 7 heteroatoms. The Labute approximate surface area is 83.5 Å². The van der Waals surface area contributed by atoms with E-state index in [1.165, 1.54) is 6.20 Å². The Kier molecular flexibility index (Phi) is 3.35. The highest BCUT2D eigenvalue weighted by molar-refractivity contribution is 6.29. The summed E-state index contributed by atoms with van der Waals surface area (Å²) in [6.07, 6.45) is 1.69. The van der Waals surface area contributed by atoms with Gasteiger partial charge in [-0.1, -0.05) is 11.6 Å². The molecule has 0 aliphatic heterocycles. The fourth-order valence-corrected chi connectivity index (χ4v) is 0.791. The number of esters is 1. The molecule has 6 nitrogen and oxygen atoms in total. The van der Waals surface area contributed by atoms with E-state index in [1.807, 2.05) is 0 Å². The Morgan fingerprint density at radius 3 is 2.79 bits per heavy atom. The third kappa shape index (κ3) is 3.36. The zero-order valence-electron chi connectivity index (χ0n) is 6.81. The molecule has 0 aliphatic carbocycles. The molecule has 0 saturated heterocycles. The zero-order chi connectivity index (χ0) is 10.6. The van der Waals surface area contributed by atoms with E-state index < -0.39 is 18.4 Å². The molecule has 1 aromatic heterocycles. The number of halogens is 1. The first-order valence-electron chi connectivity index (χ1n) is 3.48. The topological polar surface area (TPSA) is 89.4 Å². The van der Waals surface area contributed by atoms with Crippen LogP contribution in [0.3, 0.4) is 0 Å². The molecule has 0 aromatic carbocycles. The molecular formula is C7H5ClN2O4. The number of aliphatic carboxylic acids is 1. The smallest absolute Gasteiger partial charge is 0.323 e. The molecule has 0 fully saturated rings. The van der Waals surface area contributed by atoms with Crippen LogP contribution in [0.25, 0.3) is 0 Å². The number of rotatable bonds is 3. The van der Waals surface area contributed by atoms with Gasteiger partial charge in [-0.25, -0.2) is 0 Å². The molecule has 1 aromatic rings. The van der Waals surface area contributed by atoms with E-state index >= 15 is 0 Å². The summed E-state index contributed by atoms with van der Waals surface area (Å²) >= 11 is 5.45. The van der Waals surface area contributed by atoms with Gasteiger partial charge < -0.3 is 9.84 Å². The van der Waals surface area contributed by atoms with Crippen LogP contribution >= 0.6 is 11.6 Å². The Morgan fingerprint density at radius 1 is 1.50 bits per heavy atom. The maximum Gasteiger partial charge on any atom is 0.323 e. The molecule has 14 heavy (non-hydrogen) atoms. The van der Waals surface area contributed by atoms with Crippen LogP contribution in [0.15, 0.2) is 12.4 Å². The predicted molar refractivity (Wildman–Crippen MR) is 44.9 cm³/mol. The Bertz CT molecular complexity index is 368. The predicted octanol–water partition coefficient (Wildman–Crippen LogP) is 0.510. The molecule has 0 radical (unpaired) electrons. The lowest BCUT2D eigenvalue weighted by Gasteiger charge is -1.99. The first-order valence-corrected chi connectivity index (χ1v) is 3.86. The maximum absolute atomic E-state index is 10.8. The molecule has 1 heterocycles. The van der Waals surface area contributed by atoms with Crippen molar-refractivity contribution in [1.82, 2.24) is 9.97 Å². The van der Waals surface area contributed by atoms with Gasteiger partial charge in [0, 0.05) is 0 Å². The van der Waals surface area contributed by atoms with E-state index in [0.29, 0.717) is 0 Å². The number of carboxylic acids is 1. The number of carboxylic acid groups (broad SMARTS) is 1. The van der Waals surface area contributed by atoms with E-state index in [2.05, 4.69) is 14.7 Å². The Morgan fingerprint density at radius 2 is 2.21 bits per heavy atom. The van der Waals surface area contributed by atoms with Gasteiger partial charge in [-0.15, -0.1) is 0 Å². The zero-order valence-corrected chi connectivity index (χ0v) is 7.56. The van der Waals surface area contributed by atoms with Crippen LogP contribution in [0, 0.1) is 0 Å². The lowest BCUT2D eigenvalue weighted by Crippen LogP contribution is -2.13. The second-order valence-electron chi connectivity index (χ2n) is 2.22. The van der Waals surface area contributed by atoms with Gasteiger partial charge in [-0.05, 0) is 0 Å². The number of carbonyl (C=O) groups is 2. The highest BCUT2D eigenvalue weighted by Crippen LogP contribution is 2.09. The van der Waals surface area contributed by atoms with Gasteiger partial charge >= 0.3 is 11.9 Å². The minimum Gasteiger partial charge on any atom is -0.481 e. The molecule has 0 amide bonds. The highest BCUT2D eigenvalue weighted by atomic mass is 35.5. The molecule has 0 saturated carbocycles. The van der Waals surface area contributed by atoms with Gasteiger partial charge in [-0.3, -0.25) is 14.6 Å². The van der Waals surface area contributed by atoms with Crippen molar-refractivity contribution in [3.63, 3.8) is 0 Å². The molecule has 0 atom stereocenters. The van der Waals surface area contributed by atoms with Crippen molar-refractivity contribution in [1.29, 1.82) is 0 Å². The maximum atomic E-state index is 10.8. The van der Waals surface area contributed by atoms with Crippen LogP contribution in [0.4, 0.5) is 0 Å². The quantitative estimate of drug-likeness (QED) is 0.585. The molecule has 0 aliphatic rings. The number of aromatic nitrogens is 2. The fourth-order valence-electron chi connectivity index (χ4n) is 0.651. The molecule has 0 spiro atoms. The first-order chi connectivity index (χ1) is 6.58. The number of carbonyl (C=O) groups excluding carboxylic acids is 1. The van der Waals surface area contributed by atoms with Gasteiger partial charge in [0.25, 0.3) is 0 Å². The Balaban J connectivity index is 2.60. The molecule has 0 bridgehead atoms. The molecule has 1 N–H and O–H groups in total. The number of ether oxygens (including phenoxy) is 1. The summed E-state index contributed by atoms with van der Waals surface area (Å²) in [5.74, 6) is -2.32. The molecular weight excluding hydrogens is 212 g/mol. The van der Waals surface area contributed by atoms with Crippen molar-refractivity contribution < 1.29 is 19.4 Å². The number of nitrogens with zero attached hydrogens (tertiary/aromatic N) is 2. The number of hydrogen-bond donors (Lipinski definition) is 1. The van der Waals surface area contributed by atoms with Crippen LogP contribution < -0.4 is 4.74 Å². The van der Waals surface area contributed by atoms with Crippen molar-refractivity contribution >= 4 is 23.5 Å². The third-order valence-corrected chi connectivity index (χ3v) is 1.28. The minimum absolute atomic E-state index is 0.0608. The van der Waals surface area contributed by atoms with Crippen molar-refractivity contribution in [2.24, 2.45) is 0 Å². The van der Waals surface area contributed by atoms with E-state index in [0.717, 1.165) is 6.20 Å². The van der Waals surface area contributed by atoms with E-state index in [4.69, 9.17) is 16.7 Å². The second-order valence-corrected chi connectivity index (χ2v) is 2.61. The van der Waals surface area contributed by atoms with Crippen molar-refractivity contribution in [2.45, 2.75) is 6.42 Å². The average molecular weight is 217 g/mol. The lowest BCUT2D eigenvalue weighted by atomic mass is 10.4. The monoisotopic (exact) mass is 216 g/mol. The summed E-state index contributed by atoms with van der Waals surface area (Å²) in [4.78, 5) is 28.1. The summed E-state index contributed by atoms with van der Waals surface area (Å²) < 4.78 is 4.53. The average Bonchev–Trinajstić information content (AvgIpc) is 2.01. The van der Waals surface area contributed by atoms with Crippen LogP contribution in [0.1, 0.15) is 6.42 Å². The van der Waals surface area contributed by atoms with Crippen molar-refractivity contribution in [3.05, 3.63) is 17.5 Å². The van der Waals surface area contributed by atoms with Crippen LogP contribution in [-0.4, -0.2) is 27.0 Å². The van der Waals surface area contributed by atoms with E-state index in [1.54, 1.807) is 0 Å². The molecule has 1 rings (SSSR count). The minimum atomic E-state index is -1.27. The molecule has 0 unspecified atom stereocenters. The number of hydrogen-bond acceptors (Lipinski definition) is 5. The van der Waals surface area contributed by atoms with Gasteiger partial charge in [0.15, 0.2) is 5.15 Å². The highest BCUT2D eigenvalue weighted by Gasteiger charge is 2.11. The van der Waals surface area contributed by atoms with E-state index in [9.17, 15) is 9.59 Å². The van der Waals surface area contributed by atoms with Gasteiger partial charge in [0.2, 0.25) is 5.88 Å². The van der Waals surface area contributed by atoms with Gasteiger partial charge in [0.05, 0.1) is 12.4 Å². The lowest BCUT2D eigenvalue weighted by molar-refractivity contribution is -0.145. The second kappa shape index (κ2) is 4.52. The first kappa shape index (κ1) is 10.4. The summed E-state index contributed by atoms with van der Waals surface area (Å²) in [5.41, 5.74) is 0. The van der Waals surface area contributed by atoms with Gasteiger partial charge in [-0.2, -0.15) is 4.98 Å². The summed E-state index contributed by atoms with van der Waals surface area (Å²) in [6.45, 7) is 0. The standard InChI is InChI=1S/C7H5ClN2O4/c8-4-2-9-3-5(10-4)14-7(13)1-6(11)12/h2-3H,1H2,(H,11,12). The third-order valence-electron chi connectivity index (χ3n) is 1.10. The van der Waals surface area contributed by atoms with Crippen LogP contribution in [0.5, 0.6) is 5.88 Å². The Hall–Kier alpha value is -1.69. The van der Waals surface area contributed by atoms with Gasteiger partial charge in [0.1, 0.15) is 6.42 Å². The molecule has 74 valence electrons.